The van der Waals surface area contributed by atoms with E-state index < -0.39 is 5.97 Å². The van der Waals surface area contributed by atoms with Crippen LogP contribution in [0.2, 0.25) is 0 Å². The Balaban J connectivity index is 3.12. The second kappa shape index (κ2) is 4.82. The van der Waals surface area contributed by atoms with Gasteiger partial charge < -0.3 is 10.0 Å². The first-order valence-electron chi connectivity index (χ1n) is 5.11. The minimum atomic E-state index is -0.868. The van der Waals surface area contributed by atoms with Crippen molar-refractivity contribution in [1.82, 2.24) is 0 Å². The van der Waals surface area contributed by atoms with Gasteiger partial charge in [-0.2, -0.15) is 0 Å². The minimum absolute atomic E-state index is 0.372. The van der Waals surface area contributed by atoms with Gasteiger partial charge in [-0.25, -0.2) is 4.79 Å². The molecule has 15 heavy (non-hydrogen) atoms. The summed E-state index contributed by atoms with van der Waals surface area (Å²) >= 11 is 0. The van der Waals surface area contributed by atoms with Gasteiger partial charge in [-0.15, -0.1) is 0 Å². The second-order valence-electron chi connectivity index (χ2n) is 3.75. The summed E-state index contributed by atoms with van der Waals surface area (Å²) in [6.45, 7) is 4.91. The van der Waals surface area contributed by atoms with Crippen molar-refractivity contribution >= 4 is 11.7 Å². The van der Waals surface area contributed by atoms with Crippen LogP contribution in [0.15, 0.2) is 18.2 Å². The van der Waals surface area contributed by atoms with Gasteiger partial charge in [0.25, 0.3) is 0 Å². The molecule has 0 aliphatic carbocycles. The van der Waals surface area contributed by atoms with Crippen LogP contribution in [0.25, 0.3) is 0 Å². The third-order valence-corrected chi connectivity index (χ3v) is 2.35. The molecule has 0 saturated heterocycles. The Morgan fingerprint density at radius 1 is 1.47 bits per heavy atom. The Hall–Kier alpha value is -1.51. The van der Waals surface area contributed by atoms with Crippen molar-refractivity contribution in [1.29, 1.82) is 0 Å². The third-order valence-electron chi connectivity index (χ3n) is 2.35. The molecule has 1 aromatic rings. The van der Waals surface area contributed by atoms with E-state index in [1.165, 1.54) is 0 Å². The summed E-state index contributed by atoms with van der Waals surface area (Å²) in [6, 6.07) is 5.41. The molecule has 0 aliphatic heterocycles. The van der Waals surface area contributed by atoms with Gasteiger partial charge >= 0.3 is 5.97 Å². The van der Waals surface area contributed by atoms with Crippen molar-refractivity contribution in [3.8, 4) is 0 Å². The zero-order chi connectivity index (χ0) is 11.4. The second-order valence-corrected chi connectivity index (χ2v) is 3.75. The zero-order valence-electron chi connectivity index (χ0n) is 9.45. The van der Waals surface area contributed by atoms with Crippen LogP contribution in [0, 0.1) is 6.92 Å². The molecule has 82 valence electrons. The Bertz CT molecular complexity index is 361. The molecule has 0 radical (unpaired) electrons. The first-order chi connectivity index (χ1) is 7.06. The van der Waals surface area contributed by atoms with Crippen molar-refractivity contribution in [2.75, 3.05) is 18.5 Å². The molecular formula is C12H17NO2. The molecule has 1 aromatic carbocycles. The van der Waals surface area contributed by atoms with Crippen molar-refractivity contribution in [2.24, 2.45) is 0 Å². The number of aromatic carboxylic acids is 1. The average molecular weight is 207 g/mol. The normalized spacial score (nSPS) is 10.1. The van der Waals surface area contributed by atoms with Crippen molar-refractivity contribution in [3.05, 3.63) is 29.3 Å². The SMILES string of the molecule is CCCN(C)c1cc(C)ccc1C(=O)O. The molecule has 1 N–H and O–H groups in total. The molecule has 0 bridgehead atoms. The fraction of sp³-hybridized carbons (Fsp3) is 0.417. The smallest absolute Gasteiger partial charge is 0.337 e. The number of carbonyl (C=O) groups is 1. The Labute approximate surface area is 90.3 Å². The number of carboxylic acid groups (broad SMARTS) is 1. The summed E-state index contributed by atoms with van der Waals surface area (Å²) in [5.41, 5.74) is 2.25. The van der Waals surface area contributed by atoms with Gasteiger partial charge in [0.1, 0.15) is 0 Å². The quantitative estimate of drug-likeness (QED) is 0.824. The standard InChI is InChI=1S/C12H17NO2/c1-4-7-13(3)11-8-9(2)5-6-10(11)12(14)15/h5-6,8H,4,7H2,1-3H3,(H,14,15). The number of benzene rings is 1. The van der Waals surface area contributed by atoms with E-state index in [0.717, 1.165) is 24.2 Å². The minimum Gasteiger partial charge on any atom is -0.478 e. The Morgan fingerprint density at radius 3 is 2.67 bits per heavy atom. The highest BCUT2D eigenvalue weighted by Gasteiger charge is 2.12. The van der Waals surface area contributed by atoms with E-state index in [9.17, 15) is 4.79 Å². The Morgan fingerprint density at radius 2 is 2.13 bits per heavy atom. The molecule has 0 aromatic heterocycles. The van der Waals surface area contributed by atoms with E-state index in [1.54, 1.807) is 6.07 Å². The van der Waals surface area contributed by atoms with Gasteiger partial charge in [-0.3, -0.25) is 0 Å². The van der Waals surface area contributed by atoms with Crippen LogP contribution in [0.4, 0.5) is 5.69 Å². The largest absolute Gasteiger partial charge is 0.478 e. The van der Waals surface area contributed by atoms with Crippen LogP contribution in [0.3, 0.4) is 0 Å². The molecule has 0 spiro atoms. The summed E-state index contributed by atoms with van der Waals surface area (Å²) in [5, 5.41) is 9.05. The lowest BCUT2D eigenvalue weighted by molar-refractivity contribution is 0.0697. The predicted molar refractivity (Wildman–Crippen MR) is 61.7 cm³/mol. The molecule has 0 fully saturated rings. The molecule has 0 aliphatic rings. The zero-order valence-corrected chi connectivity index (χ0v) is 9.45. The van der Waals surface area contributed by atoms with E-state index in [2.05, 4.69) is 6.92 Å². The number of carboxylic acids is 1. The first kappa shape index (κ1) is 11.6. The molecule has 3 nitrogen and oxygen atoms in total. The number of hydrogen-bond donors (Lipinski definition) is 1. The predicted octanol–water partition coefficient (Wildman–Crippen LogP) is 2.54. The summed E-state index contributed by atoms with van der Waals surface area (Å²) in [4.78, 5) is 13.0. The van der Waals surface area contributed by atoms with Gasteiger partial charge in [-0.05, 0) is 31.0 Å². The van der Waals surface area contributed by atoms with E-state index >= 15 is 0 Å². The number of aryl methyl sites for hydroxylation is 1. The third kappa shape index (κ3) is 2.72. The summed E-state index contributed by atoms with van der Waals surface area (Å²) in [6.07, 6.45) is 1.00. The van der Waals surface area contributed by atoms with Gasteiger partial charge in [0.05, 0.1) is 11.3 Å². The van der Waals surface area contributed by atoms with E-state index in [1.807, 2.05) is 31.0 Å². The molecule has 1 rings (SSSR count). The van der Waals surface area contributed by atoms with Crippen LogP contribution < -0.4 is 4.90 Å². The maximum atomic E-state index is 11.0. The highest BCUT2D eigenvalue weighted by Crippen LogP contribution is 2.21. The monoisotopic (exact) mass is 207 g/mol. The average Bonchev–Trinajstić information content (AvgIpc) is 2.17. The Kier molecular flexibility index (Phi) is 3.72. The molecule has 0 amide bonds. The molecular weight excluding hydrogens is 190 g/mol. The van der Waals surface area contributed by atoms with Crippen LogP contribution >= 0.6 is 0 Å². The van der Waals surface area contributed by atoms with Crippen LogP contribution in [-0.4, -0.2) is 24.7 Å². The van der Waals surface area contributed by atoms with E-state index in [4.69, 9.17) is 5.11 Å². The van der Waals surface area contributed by atoms with Gasteiger partial charge in [0, 0.05) is 13.6 Å². The fourth-order valence-corrected chi connectivity index (χ4v) is 1.59. The lowest BCUT2D eigenvalue weighted by Crippen LogP contribution is -2.20. The van der Waals surface area contributed by atoms with Gasteiger partial charge in [-0.1, -0.05) is 13.0 Å². The van der Waals surface area contributed by atoms with Crippen molar-refractivity contribution in [3.63, 3.8) is 0 Å². The lowest BCUT2D eigenvalue weighted by Gasteiger charge is -2.20. The highest BCUT2D eigenvalue weighted by atomic mass is 16.4. The molecule has 0 unspecified atom stereocenters. The van der Waals surface area contributed by atoms with Crippen LogP contribution in [-0.2, 0) is 0 Å². The molecule has 3 heteroatoms. The van der Waals surface area contributed by atoms with Gasteiger partial charge in [0.2, 0.25) is 0 Å². The lowest BCUT2D eigenvalue weighted by atomic mass is 10.1. The van der Waals surface area contributed by atoms with Crippen molar-refractivity contribution < 1.29 is 9.90 Å². The topological polar surface area (TPSA) is 40.5 Å². The number of anilines is 1. The number of rotatable bonds is 4. The van der Waals surface area contributed by atoms with E-state index in [0.29, 0.717) is 5.56 Å². The van der Waals surface area contributed by atoms with E-state index in [-0.39, 0.29) is 0 Å². The number of hydrogen-bond acceptors (Lipinski definition) is 2. The van der Waals surface area contributed by atoms with Crippen LogP contribution in [0.5, 0.6) is 0 Å². The fourth-order valence-electron chi connectivity index (χ4n) is 1.59. The first-order valence-corrected chi connectivity index (χ1v) is 5.11. The number of nitrogens with zero attached hydrogens (tertiary/aromatic N) is 1. The maximum Gasteiger partial charge on any atom is 0.337 e. The molecule has 0 saturated carbocycles. The van der Waals surface area contributed by atoms with Crippen LogP contribution in [0.1, 0.15) is 29.3 Å². The maximum absolute atomic E-state index is 11.0. The van der Waals surface area contributed by atoms with Crippen molar-refractivity contribution in [2.45, 2.75) is 20.3 Å². The summed E-state index contributed by atoms with van der Waals surface area (Å²) < 4.78 is 0. The summed E-state index contributed by atoms with van der Waals surface area (Å²) in [7, 11) is 1.92. The molecule has 0 heterocycles. The van der Waals surface area contributed by atoms with Gasteiger partial charge in [0.15, 0.2) is 0 Å². The summed E-state index contributed by atoms with van der Waals surface area (Å²) in [5.74, 6) is -0.868. The molecule has 0 atom stereocenters. The highest BCUT2D eigenvalue weighted by molar-refractivity contribution is 5.94.